The van der Waals surface area contributed by atoms with E-state index in [-0.39, 0.29) is 0 Å². The number of benzene rings is 2. The van der Waals surface area contributed by atoms with E-state index in [4.69, 9.17) is 4.74 Å². The number of nitrogens with zero attached hydrogens (tertiary/aromatic N) is 1. The summed E-state index contributed by atoms with van der Waals surface area (Å²) in [5, 5.41) is 0. The largest absolute Gasteiger partial charge is 0.494 e. The third kappa shape index (κ3) is 13.1. The first-order valence-corrected chi connectivity index (χ1v) is 13.6. The van der Waals surface area contributed by atoms with Gasteiger partial charge in [-0.3, -0.25) is 4.99 Å². The fourth-order valence-corrected chi connectivity index (χ4v) is 4.08. The van der Waals surface area contributed by atoms with Crippen molar-refractivity contribution in [3.05, 3.63) is 58.6 Å². The third-order valence-corrected chi connectivity index (χ3v) is 6.36. The summed E-state index contributed by atoms with van der Waals surface area (Å²) in [6, 6.07) is 16.2. The van der Waals surface area contributed by atoms with Crippen molar-refractivity contribution in [2.24, 2.45) is 4.99 Å². The molecule has 0 heterocycles. The number of unbranched alkanes of at least 4 members (excludes halogenated alkanes) is 13. The molecule has 2 aromatic rings. The van der Waals surface area contributed by atoms with Crippen LogP contribution in [0.5, 0.6) is 5.75 Å². The van der Waals surface area contributed by atoms with E-state index in [1.54, 1.807) is 0 Å². The molecule has 0 spiro atoms. The van der Waals surface area contributed by atoms with Gasteiger partial charge in [0, 0.05) is 10.7 Å². The van der Waals surface area contributed by atoms with Gasteiger partial charge in [0.25, 0.3) is 0 Å². The second-order valence-electron chi connectivity index (χ2n) is 8.75. The Hall–Kier alpha value is -1.61. The fraction of sp³-hybridized carbons (Fsp3) is 0.552. The van der Waals surface area contributed by atoms with Crippen LogP contribution in [0.2, 0.25) is 0 Å². The molecule has 0 aliphatic rings. The van der Waals surface area contributed by atoms with E-state index < -0.39 is 0 Å². The Balaban J connectivity index is 1.43. The van der Waals surface area contributed by atoms with E-state index in [1.165, 1.54) is 83.5 Å². The van der Waals surface area contributed by atoms with Crippen molar-refractivity contribution in [3.63, 3.8) is 0 Å². The van der Waals surface area contributed by atoms with Crippen molar-refractivity contribution in [1.82, 2.24) is 0 Å². The Kier molecular flexibility index (Phi) is 14.9. The predicted octanol–water partition coefficient (Wildman–Crippen LogP) is 10.1. The molecule has 0 unspecified atom stereocenters. The van der Waals surface area contributed by atoms with E-state index in [9.17, 15) is 0 Å². The molecule has 2 nitrogen and oxygen atoms in total. The normalized spacial score (nSPS) is 11.3. The minimum atomic E-state index is 0.810. The smallest absolute Gasteiger partial charge is 0.119 e. The fourth-order valence-electron chi connectivity index (χ4n) is 3.81. The van der Waals surface area contributed by atoms with Gasteiger partial charge in [-0.05, 0) is 60.5 Å². The summed E-state index contributed by atoms with van der Waals surface area (Å²) in [7, 11) is 0. The van der Waals surface area contributed by atoms with Crippen LogP contribution in [0.4, 0.5) is 5.69 Å². The van der Waals surface area contributed by atoms with E-state index in [0.717, 1.165) is 34.5 Å². The topological polar surface area (TPSA) is 21.6 Å². The van der Waals surface area contributed by atoms with Gasteiger partial charge >= 0.3 is 0 Å². The van der Waals surface area contributed by atoms with Crippen LogP contribution in [0.1, 0.15) is 102 Å². The second kappa shape index (κ2) is 17.9. The summed E-state index contributed by atoms with van der Waals surface area (Å²) in [6.45, 7) is 3.10. The molecule has 0 saturated heterocycles. The quantitative estimate of drug-likeness (QED) is 0.147. The Morgan fingerprint density at radius 3 is 1.69 bits per heavy atom. The van der Waals surface area contributed by atoms with Gasteiger partial charge in [0.2, 0.25) is 0 Å². The number of halogens is 1. The van der Waals surface area contributed by atoms with Crippen molar-refractivity contribution < 1.29 is 4.74 Å². The number of hydrogen-bond donors (Lipinski definition) is 0. The van der Waals surface area contributed by atoms with Gasteiger partial charge in [0.1, 0.15) is 5.75 Å². The summed E-state index contributed by atoms with van der Waals surface area (Å²) in [6.07, 6.45) is 21.3. The first-order chi connectivity index (χ1) is 15.8. The maximum Gasteiger partial charge on any atom is 0.119 e. The zero-order valence-corrected chi connectivity index (χ0v) is 21.6. The van der Waals surface area contributed by atoms with Crippen molar-refractivity contribution in [2.75, 3.05) is 6.61 Å². The van der Waals surface area contributed by atoms with Crippen LogP contribution >= 0.6 is 15.9 Å². The maximum absolute atomic E-state index is 5.89. The van der Waals surface area contributed by atoms with Crippen LogP contribution in [0.15, 0.2) is 58.0 Å². The molecule has 0 radical (unpaired) electrons. The highest BCUT2D eigenvalue weighted by Crippen LogP contribution is 2.18. The van der Waals surface area contributed by atoms with Crippen LogP contribution in [0, 0.1) is 0 Å². The highest BCUT2D eigenvalue weighted by molar-refractivity contribution is 9.10. The van der Waals surface area contributed by atoms with Crippen LogP contribution in [-0.4, -0.2) is 12.8 Å². The monoisotopic (exact) mass is 499 g/mol. The van der Waals surface area contributed by atoms with E-state index in [2.05, 4.69) is 40.0 Å². The maximum atomic E-state index is 5.89. The van der Waals surface area contributed by atoms with Gasteiger partial charge in [0.05, 0.1) is 12.3 Å². The zero-order chi connectivity index (χ0) is 22.7. The molecule has 0 amide bonds. The molecule has 0 aromatic heterocycles. The average molecular weight is 501 g/mol. The molecule has 2 rings (SSSR count). The summed E-state index contributed by atoms with van der Waals surface area (Å²) in [5.41, 5.74) is 2.03. The molecule has 176 valence electrons. The van der Waals surface area contributed by atoms with Crippen LogP contribution in [-0.2, 0) is 0 Å². The lowest BCUT2D eigenvalue weighted by Gasteiger charge is -2.06. The summed E-state index contributed by atoms with van der Waals surface area (Å²) in [4.78, 5) is 4.51. The third-order valence-electron chi connectivity index (χ3n) is 5.84. The minimum Gasteiger partial charge on any atom is -0.494 e. The molecule has 0 bridgehead atoms. The van der Waals surface area contributed by atoms with Crippen LogP contribution < -0.4 is 4.74 Å². The standard InChI is InChI=1S/C29H42BrNO/c1-2-3-4-5-6-7-8-9-10-11-12-13-14-15-24-32-29-22-16-26(17-23-29)25-31-28-20-18-27(30)19-21-28/h16-23,25H,2-15,24H2,1H3. The minimum absolute atomic E-state index is 0.810. The number of hydrogen-bond acceptors (Lipinski definition) is 2. The van der Waals surface area contributed by atoms with E-state index in [1.807, 2.05) is 42.6 Å². The Labute approximate surface area is 205 Å². The van der Waals surface area contributed by atoms with Gasteiger partial charge in [-0.2, -0.15) is 0 Å². The Morgan fingerprint density at radius 2 is 1.16 bits per heavy atom. The van der Waals surface area contributed by atoms with Crippen LogP contribution in [0.3, 0.4) is 0 Å². The molecular formula is C29H42BrNO. The molecule has 32 heavy (non-hydrogen) atoms. The lowest BCUT2D eigenvalue weighted by molar-refractivity contribution is 0.304. The van der Waals surface area contributed by atoms with Gasteiger partial charge in [0.15, 0.2) is 0 Å². The Morgan fingerprint density at radius 1 is 0.656 bits per heavy atom. The summed E-state index contributed by atoms with van der Waals surface area (Å²) in [5.74, 6) is 0.945. The lowest BCUT2D eigenvalue weighted by Crippen LogP contribution is -1.97. The van der Waals surface area contributed by atoms with Crippen molar-refractivity contribution in [3.8, 4) is 5.75 Å². The van der Waals surface area contributed by atoms with Crippen molar-refractivity contribution in [2.45, 2.75) is 96.8 Å². The second-order valence-corrected chi connectivity index (χ2v) is 9.66. The average Bonchev–Trinajstić information content (AvgIpc) is 2.82. The predicted molar refractivity (Wildman–Crippen MR) is 144 cm³/mol. The van der Waals surface area contributed by atoms with Gasteiger partial charge in [-0.15, -0.1) is 0 Å². The number of rotatable bonds is 18. The van der Waals surface area contributed by atoms with Crippen molar-refractivity contribution in [1.29, 1.82) is 0 Å². The summed E-state index contributed by atoms with van der Waals surface area (Å²) >= 11 is 3.44. The molecule has 2 aromatic carbocycles. The van der Waals surface area contributed by atoms with E-state index >= 15 is 0 Å². The summed E-state index contributed by atoms with van der Waals surface area (Å²) < 4.78 is 6.96. The van der Waals surface area contributed by atoms with Crippen molar-refractivity contribution >= 4 is 27.8 Å². The van der Waals surface area contributed by atoms with E-state index in [0.29, 0.717) is 0 Å². The lowest BCUT2D eigenvalue weighted by atomic mass is 10.0. The molecule has 3 heteroatoms. The highest BCUT2D eigenvalue weighted by Gasteiger charge is 1.97. The number of aliphatic imine (C=N–C) groups is 1. The first-order valence-electron chi connectivity index (χ1n) is 12.8. The SMILES string of the molecule is CCCCCCCCCCCCCCCCOc1ccc(C=Nc2ccc(Br)cc2)cc1. The molecule has 0 aliphatic carbocycles. The highest BCUT2D eigenvalue weighted by atomic mass is 79.9. The van der Waals surface area contributed by atoms with Gasteiger partial charge in [-0.25, -0.2) is 0 Å². The number of ether oxygens (including phenoxy) is 1. The zero-order valence-electron chi connectivity index (χ0n) is 20.0. The molecule has 0 fully saturated rings. The molecule has 0 atom stereocenters. The first kappa shape index (κ1) is 26.6. The van der Waals surface area contributed by atoms with Crippen LogP contribution in [0.25, 0.3) is 0 Å². The van der Waals surface area contributed by atoms with Gasteiger partial charge in [-0.1, -0.05) is 106 Å². The molecule has 0 saturated carbocycles. The molecule has 0 aliphatic heterocycles. The Bertz CT molecular complexity index is 724. The molecule has 0 N–H and O–H groups in total. The van der Waals surface area contributed by atoms with Gasteiger partial charge < -0.3 is 4.74 Å². The molecular weight excluding hydrogens is 458 g/mol.